The molecule has 140 valence electrons. The molecule has 2 rings (SSSR count). The predicted molar refractivity (Wildman–Crippen MR) is 83.2 cm³/mol. The normalized spacial score (nSPS) is 11.5. The number of hydrogen-bond donors (Lipinski definition) is 0. The lowest BCUT2D eigenvalue weighted by Gasteiger charge is -2.15. The fourth-order valence-electron chi connectivity index (χ4n) is 2.19. The molecular weight excluding hydrogens is 384 g/mol. The molecule has 1 heterocycles. The molecular formula is C15H11ClF4N2O4. The van der Waals surface area contributed by atoms with Gasteiger partial charge < -0.3 is 4.74 Å². The molecule has 26 heavy (non-hydrogen) atoms. The van der Waals surface area contributed by atoms with Crippen molar-refractivity contribution in [3.05, 3.63) is 61.1 Å². The molecule has 0 radical (unpaired) electrons. The van der Waals surface area contributed by atoms with Crippen LogP contribution in [0.15, 0.2) is 27.8 Å². The quantitative estimate of drug-likeness (QED) is 0.592. The summed E-state index contributed by atoms with van der Waals surface area (Å²) in [5.74, 6) is -2.13. The summed E-state index contributed by atoms with van der Waals surface area (Å²) in [5, 5.41) is -0.346. The Morgan fingerprint density at radius 1 is 1.23 bits per heavy atom. The first-order chi connectivity index (χ1) is 12.0. The lowest BCUT2D eigenvalue weighted by molar-refractivity contribution is -0.144. The van der Waals surface area contributed by atoms with Gasteiger partial charge in [-0.05, 0) is 19.1 Å². The van der Waals surface area contributed by atoms with Crippen molar-refractivity contribution in [2.45, 2.75) is 13.1 Å². The van der Waals surface area contributed by atoms with Crippen molar-refractivity contribution in [2.24, 2.45) is 7.05 Å². The highest BCUT2D eigenvalue weighted by Crippen LogP contribution is 2.27. The zero-order valence-corrected chi connectivity index (χ0v) is 14.1. The Bertz CT molecular complexity index is 995. The second-order valence-corrected chi connectivity index (χ2v) is 5.45. The number of halogens is 5. The molecule has 0 aliphatic heterocycles. The van der Waals surface area contributed by atoms with E-state index in [4.69, 9.17) is 16.3 Å². The second kappa shape index (κ2) is 6.94. The average molecular weight is 395 g/mol. The molecule has 0 saturated carbocycles. The van der Waals surface area contributed by atoms with Crippen molar-refractivity contribution in [3.63, 3.8) is 0 Å². The second-order valence-electron chi connectivity index (χ2n) is 5.05. The van der Waals surface area contributed by atoms with Gasteiger partial charge in [0.2, 0.25) is 0 Å². The maximum atomic E-state index is 14.2. The first-order valence-electron chi connectivity index (χ1n) is 7.05. The number of rotatable bonds is 3. The van der Waals surface area contributed by atoms with Gasteiger partial charge in [0.05, 0.1) is 22.9 Å². The third-order valence-electron chi connectivity index (χ3n) is 3.38. The third-order valence-corrected chi connectivity index (χ3v) is 3.70. The topological polar surface area (TPSA) is 70.3 Å². The average Bonchev–Trinajstić information content (AvgIpc) is 2.52. The number of ether oxygens (including phenoxy) is 1. The van der Waals surface area contributed by atoms with Crippen LogP contribution in [-0.4, -0.2) is 21.7 Å². The molecule has 11 heteroatoms. The summed E-state index contributed by atoms with van der Waals surface area (Å²) < 4.78 is 57.9. The van der Waals surface area contributed by atoms with Crippen LogP contribution in [-0.2, 0) is 18.0 Å². The van der Waals surface area contributed by atoms with Gasteiger partial charge in [0.25, 0.3) is 5.56 Å². The number of benzene rings is 1. The molecule has 0 saturated heterocycles. The molecule has 0 atom stereocenters. The molecule has 0 N–H and O–H groups in total. The molecule has 0 aliphatic carbocycles. The van der Waals surface area contributed by atoms with Gasteiger partial charge in [-0.2, -0.15) is 13.2 Å². The van der Waals surface area contributed by atoms with Crippen LogP contribution in [0.25, 0.3) is 5.69 Å². The number of aromatic nitrogens is 2. The number of esters is 1. The Labute approximate surface area is 148 Å². The standard InChI is InChI=1S/C15H11ClF4N2O4/c1-3-26-13(24)7-4-10(9(17)5-8(7)16)22-12(23)6-11(15(18,19)20)21(2)14(22)25/h4-6H,3H2,1-2H3. The highest BCUT2D eigenvalue weighted by atomic mass is 35.5. The molecule has 0 fully saturated rings. The summed E-state index contributed by atoms with van der Waals surface area (Å²) in [4.78, 5) is 36.1. The smallest absolute Gasteiger partial charge is 0.431 e. The minimum atomic E-state index is -4.96. The van der Waals surface area contributed by atoms with Crippen LogP contribution >= 0.6 is 11.6 Å². The maximum Gasteiger partial charge on any atom is 0.431 e. The van der Waals surface area contributed by atoms with Gasteiger partial charge in [-0.25, -0.2) is 18.5 Å². The van der Waals surface area contributed by atoms with Gasteiger partial charge in [0.1, 0.15) is 11.5 Å². The van der Waals surface area contributed by atoms with E-state index < -0.39 is 40.6 Å². The van der Waals surface area contributed by atoms with E-state index in [1.54, 1.807) is 0 Å². The Hall–Kier alpha value is -2.62. The van der Waals surface area contributed by atoms with Crippen molar-refractivity contribution in [1.29, 1.82) is 0 Å². The molecule has 0 aliphatic rings. The van der Waals surface area contributed by atoms with E-state index in [0.717, 1.165) is 13.1 Å². The van der Waals surface area contributed by atoms with E-state index in [2.05, 4.69) is 0 Å². The minimum absolute atomic E-state index is 0.0239. The van der Waals surface area contributed by atoms with Crippen LogP contribution in [0, 0.1) is 5.82 Å². The Kier molecular flexibility index (Phi) is 5.26. The molecule has 6 nitrogen and oxygen atoms in total. The van der Waals surface area contributed by atoms with Crippen LogP contribution < -0.4 is 11.2 Å². The van der Waals surface area contributed by atoms with Crippen LogP contribution in [0.3, 0.4) is 0 Å². The first-order valence-corrected chi connectivity index (χ1v) is 7.43. The maximum absolute atomic E-state index is 14.2. The van der Waals surface area contributed by atoms with Gasteiger partial charge in [-0.15, -0.1) is 0 Å². The monoisotopic (exact) mass is 394 g/mol. The minimum Gasteiger partial charge on any atom is -0.462 e. The highest BCUT2D eigenvalue weighted by molar-refractivity contribution is 6.33. The van der Waals surface area contributed by atoms with E-state index in [1.807, 2.05) is 0 Å². The number of hydrogen-bond acceptors (Lipinski definition) is 4. The van der Waals surface area contributed by atoms with E-state index in [-0.39, 0.29) is 32.4 Å². The highest BCUT2D eigenvalue weighted by Gasteiger charge is 2.35. The summed E-state index contributed by atoms with van der Waals surface area (Å²) in [6, 6.07) is 1.58. The van der Waals surface area contributed by atoms with E-state index >= 15 is 0 Å². The van der Waals surface area contributed by atoms with Gasteiger partial charge in [-0.3, -0.25) is 9.36 Å². The largest absolute Gasteiger partial charge is 0.462 e. The zero-order chi connectivity index (χ0) is 19.8. The van der Waals surface area contributed by atoms with Crippen molar-refractivity contribution in [1.82, 2.24) is 9.13 Å². The number of carbonyl (C=O) groups excluding carboxylic acids is 1. The Morgan fingerprint density at radius 3 is 2.38 bits per heavy atom. The predicted octanol–water partition coefficient (Wildman–Crippen LogP) is 2.52. The Balaban J connectivity index is 2.80. The van der Waals surface area contributed by atoms with E-state index in [0.29, 0.717) is 6.07 Å². The van der Waals surface area contributed by atoms with Gasteiger partial charge in [0.15, 0.2) is 0 Å². The summed E-state index contributed by atoms with van der Waals surface area (Å²) in [6.45, 7) is 1.48. The van der Waals surface area contributed by atoms with E-state index in [1.165, 1.54) is 6.92 Å². The summed E-state index contributed by atoms with van der Waals surface area (Å²) >= 11 is 5.76. The van der Waals surface area contributed by atoms with Crippen molar-refractivity contribution in [3.8, 4) is 5.69 Å². The molecule has 0 bridgehead atoms. The molecule has 2 aromatic rings. The third kappa shape index (κ3) is 3.50. The fourth-order valence-corrected chi connectivity index (χ4v) is 2.42. The van der Waals surface area contributed by atoms with Crippen molar-refractivity contribution >= 4 is 17.6 Å². The molecule has 1 aromatic heterocycles. The lowest BCUT2D eigenvalue weighted by atomic mass is 10.2. The zero-order valence-electron chi connectivity index (χ0n) is 13.4. The summed E-state index contributed by atoms with van der Waals surface area (Å²) in [5.41, 5.74) is -5.43. The number of nitrogens with zero attached hydrogens (tertiary/aromatic N) is 2. The Morgan fingerprint density at radius 2 is 1.85 bits per heavy atom. The molecule has 0 unspecified atom stereocenters. The van der Waals surface area contributed by atoms with E-state index in [9.17, 15) is 31.9 Å². The molecule has 1 aromatic carbocycles. The molecule has 0 amide bonds. The number of alkyl halides is 3. The van der Waals surface area contributed by atoms with Gasteiger partial charge >= 0.3 is 17.8 Å². The number of carbonyl (C=O) groups is 1. The van der Waals surface area contributed by atoms with Crippen molar-refractivity contribution in [2.75, 3.05) is 6.61 Å². The first kappa shape index (κ1) is 19.7. The van der Waals surface area contributed by atoms with Gasteiger partial charge in [-0.1, -0.05) is 11.6 Å². The lowest BCUT2D eigenvalue weighted by Crippen LogP contribution is -2.41. The summed E-state index contributed by atoms with van der Waals surface area (Å²) in [6.07, 6.45) is -4.96. The summed E-state index contributed by atoms with van der Waals surface area (Å²) in [7, 11) is 0.779. The van der Waals surface area contributed by atoms with Crippen LogP contribution in [0.4, 0.5) is 17.6 Å². The van der Waals surface area contributed by atoms with Crippen LogP contribution in [0.5, 0.6) is 0 Å². The van der Waals surface area contributed by atoms with Gasteiger partial charge in [0, 0.05) is 13.1 Å². The fraction of sp³-hybridized carbons (Fsp3) is 0.267. The molecule has 0 spiro atoms. The van der Waals surface area contributed by atoms with Crippen LogP contribution in [0.2, 0.25) is 5.02 Å². The SMILES string of the molecule is CCOC(=O)c1cc(-n2c(=O)cc(C(F)(F)F)n(C)c2=O)c(F)cc1Cl. The van der Waals surface area contributed by atoms with Crippen LogP contribution in [0.1, 0.15) is 23.0 Å². The van der Waals surface area contributed by atoms with Crippen molar-refractivity contribution < 1.29 is 27.1 Å².